The van der Waals surface area contributed by atoms with E-state index in [0.29, 0.717) is 5.56 Å². The molecule has 1 aliphatic carbocycles. The highest BCUT2D eigenvalue weighted by molar-refractivity contribution is 5.92. The van der Waals surface area contributed by atoms with Crippen LogP contribution in [0.25, 0.3) is 11.0 Å². The van der Waals surface area contributed by atoms with Gasteiger partial charge in [0.15, 0.2) is 0 Å². The maximum atomic E-state index is 11.0. The lowest BCUT2D eigenvalue weighted by molar-refractivity contribution is 0.0697. The molecule has 4 heteroatoms. The Morgan fingerprint density at radius 2 is 2.28 bits per heavy atom. The monoisotopic (exact) mass is 244 g/mol. The standard InChI is InChI=1S/C14H16N2O2/c1-9-15-12-5-4-11(14(17)18)8-13(12)16(9)7-6-10-2-3-10/h4-5,8,10H,2-3,6-7H2,1H3,(H,17,18). The molecule has 1 fully saturated rings. The summed E-state index contributed by atoms with van der Waals surface area (Å²) in [6.45, 7) is 2.92. The van der Waals surface area contributed by atoms with E-state index in [-0.39, 0.29) is 0 Å². The molecular weight excluding hydrogens is 228 g/mol. The molecule has 0 aliphatic heterocycles. The van der Waals surface area contributed by atoms with Crippen molar-refractivity contribution in [1.29, 1.82) is 0 Å². The molecule has 0 spiro atoms. The van der Waals surface area contributed by atoms with Crippen LogP contribution in [0.3, 0.4) is 0 Å². The number of carboxylic acids is 1. The Kier molecular flexibility index (Phi) is 2.58. The third kappa shape index (κ3) is 1.98. The lowest BCUT2D eigenvalue weighted by Gasteiger charge is -2.06. The van der Waals surface area contributed by atoms with Crippen molar-refractivity contribution in [3.8, 4) is 0 Å². The molecule has 4 nitrogen and oxygen atoms in total. The third-order valence-corrected chi connectivity index (χ3v) is 3.64. The molecule has 18 heavy (non-hydrogen) atoms. The second-order valence-electron chi connectivity index (χ2n) is 5.05. The Morgan fingerprint density at radius 1 is 1.50 bits per heavy atom. The van der Waals surface area contributed by atoms with Gasteiger partial charge in [-0.3, -0.25) is 0 Å². The van der Waals surface area contributed by atoms with Crippen molar-refractivity contribution in [2.75, 3.05) is 0 Å². The zero-order chi connectivity index (χ0) is 12.7. The van der Waals surface area contributed by atoms with Crippen molar-refractivity contribution in [2.45, 2.75) is 32.7 Å². The van der Waals surface area contributed by atoms with Crippen molar-refractivity contribution in [3.05, 3.63) is 29.6 Å². The van der Waals surface area contributed by atoms with Gasteiger partial charge in [0, 0.05) is 6.54 Å². The van der Waals surface area contributed by atoms with Gasteiger partial charge in [-0.1, -0.05) is 12.8 Å². The van der Waals surface area contributed by atoms with Gasteiger partial charge in [0.1, 0.15) is 5.82 Å². The Labute approximate surface area is 105 Å². The molecular formula is C14H16N2O2. The first-order chi connectivity index (χ1) is 8.65. The molecule has 0 amide bonds. The number of imidazole rings is 1. The topological polar surface area (TPSA) is 55.1 Å². The molecule has 0 bridgehead atoms. The van der Waals surface area contributed by atoms with E-state index in [9.17, 15) is 4.79 Å². The number of aromatic carboxylic acids is 1. The minimum atomic E-state index is -0.885. The zero-order valence-corrected chi connectivity index (χ0v) is 10.4. The second-order valence-corrected chi connectivity index (χ2v) is 5.05. The van der Waals surface area contributed by atoms with Crippen molar-refractivity contribution in [3.63, 3.8) is 0 Å². The summed E-state index contributed by atoms with van der Waals surface area (Å²) in [4.78, 5) is 15.5. The van der Waals surface area contributed by atoms with Crippen LogP contribution in [0.15, 0.2) is 18.2 Å². The van der Waals surface area contributed by atoms with E-state index in [4.69, 9.17) is 5.11 Å². The van der Waals surface area contributed by atoms with Gasteiger partial charge in [-0.15, -0.1) is 0 Å². The number of carboxylic acid groups (broad SMARTS) is 1. The molecule has 1 saturated carbocycles. The minimum Gasteiger partial charge on any atom is -0.478 e. The number of aryl methyl sites for hydroxylation is 2. The average molecular weight is 244 g/mol. The SMILES string of the molecule is Cc1nc2ccc(C(=O)O)cc2n1CCC1CC1. The quantitative estimate of drug-likeness (QED) is 0.899. The van der Waals surface area contributed by atoms with Gasteiger partial charge in [-0.05, 0) is 37.5 Å². The predicted octanol–water partition coefficient (Wildman–Crippen LogP) is 2.84. The number of benzene rings is 1. The van der Waals surface area contributed by atoms with Crippen LogP contribution in [0.5, 0.6) is 0 Å². The van der Waals surface area contributed by atoms with Crippen LogP contribution >= 0.6 is 0 Å². The van der Waals surface area contributed by atoms with Crippen LogP contribution in [-0.2, 0) is 6.54 Å². The lowest BCUT2D eigenvalue weighted by atomic mass is 10.2. The van der Waals surface area contributed by atoms with Crippen LogP contribution in [0.1, 0.15) is 35.4 Å². The number of hydrogen-bond donors (Lipinski definition) is 1. The number of fused-ring (bicyclic) bond motifs is 1. The van der Waals surface area contributed by atoms with Crippen LogP contribution in [-0.4, -0.2) is 20.6 Å². The normalized spacial score (nSPS) is 15.2. The van der Waals surface area contributed by atoms with E-state index >= 15 is 0 Å². The predicted molar refractivity (Wildman–Crippen MR) is 68.8 cm³/mol. The molecule has 1 aromatic heterocycles. The van der Waals surface area contributed by atoms with E-state index in [1.165, 1.54) is 19.3 Å². The second kappa shape index (κ2) is 4.12. The van der Waals surface area contributed by atoms with Crippen molar-refractivity contribution in [1.82, 2.24) is 9.55 Å². The lowest BCUT2D eigenvalue weighted by Crippen LogP contribution is -2.02. The highest BCUT2D eigenvalue weighted by Crippen LogP contribution is 2.33. The molecule has 0 radical (unpaired) electrons. The first-order valence-electron chi connectivity index (χ1n) is 6.35. The number of hydrogen-bond acceptors (Lipinski definition) is 2. The maximum Gasteiger partial charge on any atom is 0.335 e. The molecule has 1 aromatic carbocycles. The third-order valence-electron chi connectivity index (χ3n) is 3.64. The Balaban J connectivity index is 2.00. The van der Waals surface area contributed by atoms with E-state index in [1.54, 1.807) is 18.2 Å². The van der Waals surface area contributed by atoms with Gasteiger partial charge in [-0.25, -0.2) is 9.78 Å². The van der Waals surface area contributed by atoms with Gasteiger partial charge in [0.2, 0.25) is 0 Å². The van der Waals surface area contributed by atoms with Gasteiger partial charge >= 0.3 is 5.97 Å². The van der Waals surface area contributed by atoms with Crippen LogP contribution in [0.2, 0.25) is 0 Å². The molecule has 94 valence electrons. The zero-order valence-electron chi connectivity index (χ0n) is 10.4. The van der Waals surface area contributed by atoms with Crippen LogP contribution in [0, 0.1) is 12.8 Å². The minimum absolute atomic E-state index is 0.329. The fraction of sp³-hybridized carbons (Fsp3) is 0.429. The van der Waals surface area contributed by atoms with E-state index in [2.05, 4.69) is 9.55 Å². The summed E-state index contributed by atoms with van der Waals surface area (Å²) in [7, 11) is 0. The highest BCUT2D eigenvalue weighted by Gasteiger charge is 2.21. The fourth-order valence-corrected chi connectivity index (χ4v) is 2.38. The summed E-state index contributed by atoms with van der Waals surface area (Å²) in [5.41, 5.74) is 2.15. The summed E-state index contributed by atoms with van der Waals surface area (Å²) in [6.07, 6.45) is 3.85. The summed E-state index contributed by atoms with van der Waals surface area (Å²) in [5, 5.41) is 9.04. The number of nitrogens with zero attached hydrogens (tertiary/aromatic N) is 2. The Bertz CT molecular complexity index is 612. The molecule has 1 N–H and O–H groups in total. The van der Waals surface area contributed by atoms with E-state index in [1.807, 2.05) is 6.92 Å². The van der Waals surface area contributed by atoms with Gasteiger partial charge in [0.05, 0.1) is 16.6 Å². The first kappa shape index (κ1) is 11.3. The molecule has 0 saturated heterocycles. The molecule has 0 unspecified atom stereocenters. The van der Waals surface area contributed by atoms with Gasteiger partial charge < -0.3 is 9.67 Å². The Morgan fingerprint density at radius 3 is 2.94 bits per heavy atom. The number of carbonyl (C=O) groups is 1. The van der Waals surface area contributed by atoms with Crippen molar-refractivity contribution in [2.24, 2.45) is 5.92 Å². The van der Waals surface area contributed by atoms with Gasteiger partial charge in [0.25, 0.3) is 0 Å². The molecule has 3 rings (SSSR count). The average Bonchev–Trinajstić information content (AvgIpc) is 3.10. The Hall–Kier alpha value is -1.84. The summed E-state index contributed by atoms with van der Waals surface area (Å²) in [5.74, 6) is 0.946. The first-order valence-corrected chi connectivity index (χ1v) is 6.35. The summed E-state index contributed by atoms with van der Waals surface area (Å²) < 4.78 is 2.14. The van der Waals surface area contributed by atoms with Crippen LogP contribution < -0.4 is 0 Å². The maximum absolute atomic E-state index is 11.0. The van der Waals surface area contributed by atoms with Crippen molar-refractivity contribution >= 4 is 17.0 Å². The highest BCUT2D eigenvalue weighted by atomic mass is 16.4. The van der Waals surface area contributed by atoms with Crippen LogP contribution in [0.4, 0.5) is 0 Å². The summed E-state index contributed by atoms with van der Waals surface area (Å²) in [6, 6.07) is 5.13. The summed E-state index contributed by atoms with van der Waals surface area (Å²) >= 11 is 0. The smallest absolute Gasteiger partial charge is 0.335 e. The fourth-order valence-electron chi connectivity index (χ4n) is 2.38. The number of aromatic nitrogens is 2. The largest absolute Gasteiger partial charge is 0.478 e. The molecule has 0 atom stereocenters. The van der Waals surface area contributed by atoms with E-state index in [0.717, 1.165) is 29.3 Å². The molecule has 2 aromatic rings. The van der Waals surface area contributed by atoms with Gasteiger partial charge in [-0.2, -0.15) is 0 Å². The molecule has 1 heterocycles. The number of rotatable bonds is 4. The van der Waals surface area contributed by atoms with E-state index < -0.39 is 5.97 Å². The van der Waals surface area contributed by atoms with Crippen molar-refractivity contribution < 1.29 is 9.90 Å². The molecule has 1 aliphatic rings.